The van der Waals surface area contributed by atoms with E-state index in [4.69, 9.17) is 0 Å². The van der Waals surface area contributed by atoms with Crippen LogP contribution in [0.2, 0.25) is 0 Å². The highest BCUT2D eigenvalue weighted by Crippen LogP contribution is 2.37. The summed E-state index contributed by atoms with van der Waals surface area (Å²) in [4.78, 5) is 50.2. The zero-order chi connectivity index (χ0) is 26.3. The predicted molar refractivity (Wildman–Crippen MR) is 142 cm³/mol. The Hall–Kier alpha value is -2.10. The Labute approximate surface area is 212 Å². The summed E-state index contributed by atoms with van der Waals surface area (Å²) < 4.78 is 0. The summed E-state index contributed by atoms with van der Waals surface area (Å²) in [6, 6.07) is 4.08. The van der Waals surface area contributed by atoms with Gasteiger partial charge >= 0.3 is 0 Å². The van der Waals surface area contributed by atoms with Crippen molar-refractivity contribution in [2.24, 2.45) is 23.2 Å². The molecule has 0 fully saturated rings. The van der Waals surface area contributed by atoms with Crippen LogP contribution in [0.15, 0.2) is 12.1 Å². The molecule has 0 saturated heterocycles. The molecule has 1 aromatic carbocycles. The van der Waals surface area contributed by atoms with Crippen molar-refractivity contribution in [1.29, 1.82) is 0 Å². The molecule has 1 aromatic rings. The predicted octanol–water partition coefficient (Wildman–Crippen LogP) is 7.06. The molecule has 3 unspecified atom stereocenters. The highest BCUT2D eigenvalue weighted by Gasteiger charge is 2.33. The lowest BCUT2D eigenvalue weighted by atomic mass is 9.72. The topological polar surface area (TPSA) is 68.3 Å². The van der Waals surface area contributed by atoms with Gasteiger partial charge in [-0.05, 0) is 73.5 Å². The molecular formula is C31H46O4. The van der Waals surface area contributed by atoms with E-state index in [2.05, 4.69) is 27.7 Å². The molecule has 2 rings (SSSR count). The van der Waals surface area contributed by atoms with Crippen molar-refractivity contribution in [2.45, 2.75) is 113 Å². The molecule has 0 heterocycles. The zero-order valence-electron chi connectivity index (χ0n) is 23.1. The van der Waals surface area contributed by atoms with Gasteiger partial charge in [0.1, 0.15) is 17.3 Å². The number of hydrogen-bond donors (Lipinski definition) is 0. The first kappa shape index (κ1) is 29.1. The smallest absolute Gasteiger partial charge is 0.163 e. The first-order chi connectivity index (χ1) is 16.4. The van der Waals surface area contributed by atoms with Gasteiger partial charge < -0.3 is 0 Å². The number of carbonyl (C=O) groups is 4. The normalized spacial score (nSPS) is 17.6. The molecule has 194 valence electrons. The zero-order valence-corrected chi connectivity index (χ0v) is 23.1. The van der Waals surface area contributed by atoms with Gasteiger partial charge in [-0.25, -0.2) is 0 Å². The van der Waals surface area contributed by atoms with Gasteiger partial charge in [0.25, 0.3) is 0 Å². The van der Waals surface area contributed by atoms with Crippen LogP contribution in [0.1, 0.15) is 120 Å². The summed E-state index contributed by atoms with van der Waals surface area (Å²) in [5.41, 5.74) is 3.96. The highest BCUT2D eigenvalue weighted by molar-refractivity contribution is 6.01. The second-order valence-corrected chi connectivity index (χ2v) is 12.0. The van der Waals surface area contributed by atoms with Gasteiger partial charge in [-0.2, -0.15) is 0 Å². The molecule has 35 heavy (non-hydrogen) atoms. The number of fused-ring (bicyclic) bond motifs is 1. The fourth-order valence-corrected chi connectivity index (χ4v) is 5.77. The fraction of sp³-hybridized carbons (Fsp3) is 0.677. The Kier molecular flexibility index (Phi) is 10.6. The van der Waals surface area contributed by atoms with E-state index in [1.54, 1.807) is 0 Å². The molecule has 0 aromatic heterocycles. The third-order valence-corrected chi connectivity index (χ3v) is 7.61. The Morgan fingerprint density at radius 1 is 1.09 bits per heavy atom. The second kappa shape index (κ2) is 12.7. The Morgan fingerprint density at radius 2 is 1.77 bits per heavy atom. The van der Waals surface area contributed by atoms with Crippen LogP contribution in [-0.2, 0) is 27.2 Å². The molecule has 1 aliphatic carbocycles. The van der Waals surface area contributed by atoms with Crippen LogP contribution in [0.4, 0.5) is 0 Å². The van der Waals surface area contributed by atoms with Crippen molar-refractivity contribution in [3.05, 3.63) is 34.4 Å². The minimum absolute atomic E-state index is 0.0155. The monoisotopic (exact) mass is 482 g/mol. The lowest BCUT2D eigenvalue weighted by molar-refractivity contribution is -0.130. The first-order valence-electron chi connectivity index (χ1n) is 13.5. The van der Waals surface area contributed by atoms with E-state index < -0.39 is 0 Å². The molecule has 0 aliphatic heterocycles. The SMILES string of the molecule is CCCC(CC1CC(=O)c2c(ccc(CC(=O)CCC(C)(C)C)c2C)C1)C(CC)C(=O)CC(C)=O. The van der Waals surface area contributed by atoms with Crippen molar-refractivity contribution in [2.75, 3.05) is 0 Å². The molecule has 4 nitrogen and oxygen atoms in total. The second-order valence-electron chi connectivity index (χ2n) is 12.0. The van der Waals surface area contributed by atoms with Gasteiger partial charge in [-0.3, -0.25) is 19.2 Å². The minimum atomic E-state index is -0.112. The van der Waals surface area contributed by atoms with Crippen molar-refractivity contribution < 1.29 is 19.2 Å². The van der Waals surface area contributed by atoms with E-state index in [0.29, 0.717) is 19.3 Å². The first-order valence-corrected chi connectivity index (χ1v) is 13.5. The van der Waals surface area contributed by atoms with Crippen LogP contribution in [0.5, 0.6) is 0 Å². The van der Waals surface area contributed by atoms with Gasteiger partial charge in [-0.15, -0.1) is 0 Å². The van der Waals surface area contributed by atoms with Gasteiger partial charge in [0.2, 0.25) is 0 Å². The maximum Gasteiger partial charge on any atom is 0.163 e. The third-order valence-electron chi connectivity index (χ3n) is 7.61. The maximum atomic E-state index is 13.3. The number of rotatable bonds is 13. The van der Waals surface area contributed by atoms with Crippen LogP contribution in [0.25, 0.3) is 0 Å². The Morgan fingerprint density at radius 3 is 2.34 bits per heavy atom. The van der Waals surface area contributed by atoms with Crippen LogP contribution in [-0.4, -0.2) is 23.1 Å². The molecule has 0 bridgehead atoms. The quantitative estimate of drug-likeness (QED) is 0.282. The number of hydrogen-bond acceptors (Lipinski definition) is 4. The summed E-state index contributed by atoms with van der Waals surface area (Å²) in [6.45, 7) is 14.1. The van der Waals surface area contributed by atoms with Gasteiger partial charge in [-0.1, -0.05) is 59.6 Å². The lowest BCUT2D eigenvalue weighted by Gasteiger charge is -2.32. The molecule has 0 amide bonds. The van der Waals surface area contributed by atoms with E-state index >= 15 is 0 Å². The van der Waals surface area contributed by atoms with E-state index in [0.717, 1.165) is 60.8 Å². The summed E-state index contributed by atoms with van der Waals surface area (Å²) in [5, 5.41) is 0. The van der Waals surface area contributed by atoms with E-state index in [9.17, 15) is 19.2 Å². The molecule has 0 N–H and O–H groups in total. The van der Waals surface area contributed by atoms with Crippen LogP contribution >= 0.6 is 0 Å². The van der Waals surface area contributed by atoms with E-state index in [-0.39, 0.29) is 52.7 Å². The van der Waals surface area contributed by atoms with Crippen LogP contribution in [0, 0.1) is 30.1 Å². The summed E-state index contributed by atoms with van der Waals surface area (Å²) >= 11 is 0. The average Bonchev–Trinajstić information content (AvgIpc) is 2.73. The summed E-state index contributed by atoms with van der Waals surface area (Å²) in [6.07, 6.45) is 6.66. The molecule has 0 saturated carbocycles. The lowest BCUT2D eigenvalue weighted by Crippen LogP contribution is -2.30. The number of ketones is 4. The average molecular weight is 483 g/mol. The largest absolute Gasteiger partial charge is 0.300 e. The third kappa shape index (κ3) is 8.51. The Bertz CT molecular complexity index is 934. The van der Waals surface area contributed by atoms with Gasteiger partial charge in [0.15, 0.2) is 5.78 Å². The van der Waals surface area contributed by atoms with Gasteiger partial charge in [0.05, 0.1) is 6.42 Å². The maximum absolute atomic E-state index is 13.3. The van der Waals surface area contributed by atoms with Crippen molar-refractivity contribution >= 4 is 23.1 Å². The molecule has 0 spiro atoms. The van der Waals surface area contributed by atoms with E-state index in [1.807, 2.05) is 26.0 Å². The van der Waals surface area contributed by atoms with Crippen molar-refractivity contribution in [1.82, 2.24) is 0 Å². The van der Waals surface area contributed by atoms with Crippen molar-refractivity contribution in [3.63, 3.8) is 0 Å². The van der Waals surface area contributed by atoms with E-state index in [1.165, 1.54) is 6.92 Å². The molecule has 3 atom stereocenters. The fourth-order valence-electron chi connectivity index (χ4n) is 5.77. The number of Topliss-reactive ketones (excluding diaryl/α,β-unsaturated/α-hetero) is 4. The van der Waals surface area contributed by atoms with Crippen molar-refractivity contribution in [3.8, 4) is 0 Å². The number of carbonyl (C=O) groups excluding carboxylic acids is 4. The molecule has 0 radical (unpaired) electrons. The summed E-state index contributed by atoms with van der Waals surface area (Å²) in [7, 11) is 0. The molecular weight excluding hydrogens is 436 g/mol. The van der Waals surface area contributed by atoms with Crippen LogP contribution in [0.3, 0.4) is 0 Å². The molecule has 1 aliphatic rings. The standard InChI is InChI=1S/C31H46O4/c1-8-10-24(27(9-2)28(34)15-20(3)32)16-22-17-25-12-11-23(21(4)30(25)29(35)18-22)19-26(33)13-14-31(5,6)7/h11-12,22,24,27H,8-10,13-19H2,1-7H3. The number of benzene rings is 1. The summed E-state index contributed by atoms with van der Waals surface area (Å²) in [5.74, 6) is 0.676. The van der Waals surface area contributed by atoms with Gasteiger partial charge in [0, 0.05) is 30.7 Å². The Balaban J connectivity index is 2.16. The minimum Gasteiger partial charge on any atom is -0.300 e. The van der Waals surface area contributed by atoms with Crippen LogP contribution < -0.4 is 0 Å². The highest BCUT2D eigenvalue weighted by atomic mass is 16.1. The molecule has 4 heteroatoms.